The summed E-state index contributed by atoms with van der Waals surface area (Å²) in [4.78, 5) is 4.62. The Bertz CT molecular complexity index is 377. The van der Waals surface area contributed by atoms with Gasteiger partial charge >= 0.3 is 0 Å². The lowest BCUT2D eigenvalue weighted by atomic mass is 9.90. The third-order valence-corrected chi connectivity index (χ3v) is 4.10. The van der Waals surface area contributed by atoms with Gasteiger partial charge in [-0.05, 0) is 52.8 Å². The summed E-state index contributed by atoms with van der Waals surface area (Å²) in [6, 6.07) is 10.2. The first-order valence-corrected chi connectivity index (χ1v) is 7.80. The van der Waals surface area contributed by atoms with Gasteiger partial charge in [-0.2, -0.15) is 0 Å². The molecule has 0 fully saturated rings. The molecule has 120 valence electrons. The molecule has 4 heteroatoms. The van der Waals surface area contributed by atoms with Gasteiger partial charge in [-0.25, -0.2) is 0 Å². The van der Waals surface area contributed by atoms with Crippen molar-refractivity contribution in [3.63, 3.8) is 0 Å². The van der Waals surface area contributed by atoms with Gasteiger partial charge in [0.1, 0.15) is 0 Å². The molecule has 1 atom stereocenters. The first kappa shape index (κ1) is 18.1. The molecule has 4 nitrogen and oxygen atoms in total. The minimum absolute atomic E-state index is 0.0949. The number of likely N-dealkylation sites (N-methyl/N-ethyl adjacent to an activating group) is 2. The van der Waals surface area contributed by atoms with Crippen molar-refractivity contribution in [2.45, 2.75) is 18.9 Å². The Morgan fingerprint density at radius 3 is 2.29 bits per heavy atom. The lowest BCUT2D eigenvalue weighted by Crippen LogP contribution is -2.52. The van der Waals surface area contributed by atoms with Gasteiger partial charge in [0.05, 0.1) is 12.1 Å². The highest BCUT2D eigenvalue weighted by Gasteiger charge is 2.31. The van der Waals surface area contributed by atoms with Gasteiger partial charge in [-0.15, -0.1) is 0 Å². The molecule has 1 aromatic rings. The number of aliphatic hydroxyl groups is 1. The van der Waals surface area contributed by atoms with Crippen molar-refractivity contribution in [3.8, 4) is 0 Å². The maximum absolute atomic E-state index is 9.99. The van der Waals surface area contributed by atoms with E-state index in [-0.39, 0.29) is 6.61 Å². The highest BCUT2D eigenvalue weighted by molar-refractivity contribution is 5.25. The van der Waals surface area contributed by atoms with Crippen molar-refractivity contribution in [2.24, 2.45) is 0 Å². The number of hydrogen-bond acceptors (Lipinski definition) is 4. The lowest BCUT2D eigenvalue weighted by molar-refractivity contribution is 0.113. The highest BCUT2D eigenvalue weighted by atomic mass is 16.3. The normalized spacial score (nSPS) is 14.6. The van der Waals surface area contributed by atoms with Gasteiger partial charge in [0, 0.05) is 6.54 Å². The topological polar surface area (TPSA) is 38.7 Å². The highest BCUT2D eigenvalue weighted by Crippen LogP contribution is 2.21. The Labute approximate surface area is 129 Å². The van der Waals surface area contributed by atoms with Crippen LogP contribution in [0.2, 0.25) is 0 Å². The molecule has 1 rings (SSSR count). The average molecular weight is 293 g/mol. The molecule has 0 amide bonds. The van der Waals surface area contributed by atoms with Gasteiger partial charge in [-0.3, -0.25) is 0 Å². The summed E-state index contributed by atoms with van der Waals surface area (Å²) in [5.74, 6) is 0. The van der Waals surface area contributed by atoms with Crippen LogP contribution in [-0.4, -0.2) is 68.8 Å². The Morgan fingerprint density at radius 2 is 1.81 bits per heavy atom. The monoisotopic (exact) mass is 293 g/mol. The van der Waals surface area contributed by atoms with E-state index in [0.717, 1.165) is 38.2 Å². The van der Waals surface area contributed by atoms with Crippen molar-refractivity contribution in [2.75, 3.05) is 53.9 Å². The SMILES string of the molecule is CCN(CCCN(C)C)CC(CO)(NC)c1ccccc1. The van der Waals surface area contributed by atoms with Crippen molar-refractivity contribution in [3.05, 3.63) is 35.9 Å². The summed E-state index contributed by atoms with van der Waals surface area (Å²) in [5.41, 5.74) is 0.746. The summed E-state index contributed by atoms with van der Waals surface area (Å²) in [6.07, 6.45) is 1.14. The standard InChI is InChI=1S/C17H31N3O/c1-5-20(13-9-12-19(3)4)14-17(15-21,18-2)16-10-7-6-8-11-16/h6-8,10-11,18,21H,5,9,12-15H2,1-4H3. The molecule has 0 radical (unpaired) electrons. The van der Waals surface area contributed by atoms with Gasteiger partial charge in [-0.1, -0.05) is 37.3 Å². The van der Waals surface area contributed by atoms with E-state index in [4.69, 9.17) is 0 Å². The third-order valence-electron chi connectivity index (χ3n) is 4.10. The van der Waals surface area contributed by atoms with E-state index >= 15 is 0 Å². The fourth-order valence-electron chi connectivity index (χ4n) is 2.63. The third kappa shape index (κ3) is 5.40. The predicted octanol–water partition coefficient (Wildman–Crippen LogP) is 1.37. The van der Waals surface area contributed by atoms with E-state index < -0.39 is 5.54 Å². The van der Waals surface area contributed by atoms with Crippen molar-refractivity contribution in [1.82, 2.24) is 15.1 Å². The first-order chi connectivity index (χ1) is 10.1. The van der Waals surface area contributed by atoms with Gasteiger partial charge < -0.3 is 20.2 Å². The summed E-state index contributed by atoms with van der Waals surface area (Å²) in [7, 11) is 6.13. The zero-order valence-electron chi connectivity index (χ0n) is 14.0. The van der Waals surface area contributed by atoms with Crippen LogP contribution in [-0.2, 0) is 5.54 Å². The fraction of sp³-hybridized carbons (Fsp3) is 0.647. The van der Waals surface area contributed by atoms with Crippen molar-refractivity contribution >= 4 is 0 Å². The van der Waals surface area contributed by atoms with Crippen LogP contribution in [0.15, 0.2) is 30.3 Å². The molecular formula is C17H31N3O. The molecule has 21 heavy (non-hydrogen) atoms. The van der Waals surface area contributed by atoms with Crippen molar-refractivity contribution < 1.29 is 5.11 Å². The molecule has 0 aliphatic carbocycles. The van der Waals surface area contributed by atoms with Crippen LogP contribution in [0.25, 0.3) is 0 Å². The molecule has 0 heterocycles. The van der Waals surface area contributed by atoms with E-state index in [1.807, 2.05) is 25.2 Å². The summed E-state index contributed by atoms with van der Waals surface area (Å²) in [5, 5.41) is 13.3. The van der Waals surface area contributed by atoms with Gasteiger partial charge in [0.15, 0.2) is 0 Å². The van der Waals surface area contributed by atoms with E-state index in [2.05, 4.69) is 48.3 Å². The molecular weight excluding hydrogens is 262 g/mol. The number of hydrogen-bond donors (Lipinski definition) is 2. The molecule has 0 saturated carbocycles. The van der Waals surface area contributed by atoms with E-state index in [9.17, 15) is 5.11 Å². The summed E-state index contributed by atoms with van der Waals surface area (Å²) in [6.45, 7) is 6.21. The second kappa shape index (κ2) is 9.15. The Hall–Kier alpha value is -0.940. The van der Waals surface area contributed by atoms with E-state index in [0.29, 0.717) is 0 Å². The molecule has 1 aromatic carbocycles. The van der Waals surface area contributed by atoms with Crippen LogP contribution in [0, 0.1) is 0 Å². The molecule has 1 unspecified atom stereocenters. The zero-order valence-corrected chi connectivity index (χ0v) is 14.0. The van der Waals surface area contributed by atoms with E-state index in [1.54, 1.807) is 0 Å². The molecule has 0 aromatic heterocycles. The molecule has 0 bridgehead atoms. The second-order valence-electron chi connectivity index (χ2n) is 5.88. The Kier molecular flexibility index (Phi) is 7.89. The molecule has 0 saturated heterocycles. The Balaban J connectivity index is 2.76. The fourth-order valence-corrected chi connectivity index (χ4v) is 2.63. The number of nitrogens with zero attached hydrogens (tertiary/aromatic N) is 2. The minimum atomic E-state index is -0.393. The maximum atomic E-state index is 9.99. The average Bonchev–Trinajstić information content (AvgIpc) is 2.51. The summed E-state index contributed by atoms with van der Waals surface area (Å²) < 4.78 is 0. The maximum Gasteiger partial charge on any atom is 0.0795 e. The van der Waals surface area contributed by atoms with E-state index in [1.165, 1.54) is 0 Å². The summed E-state index contributed by atoms with van der Waals surface area (Å²) >= 11 is 0. The lowest BCUT2D eigenvalue weighted by Gasteiger charge is -2.37. The van der Waals surface area contributed by atoms with Crippen LogP contribution < -0.4 is 5.32 Å². The van der Waals surface area contributed by atoms with Crippen LogP contribution >= 0.6 is 0 Å². The van der Waals surface area contributed by atoms with Crippen LogP contribution in [0.4, 0.5) is 0 Å². The first-order valence-electron chi connectivity index (χ1n) is 7.80. The second-order valence-corrected chi connectivity index (χ2v) is 5.88. The van der Waals surface area contributed by atoms with Crippen LogP contribution in [0.1, 0.15) is 18.9 Å². The zero-order chi connectivity index (χ0) is 15.7. The quantitative estimate of drug-likeness (QED) is 0.683. The smallest absolute Gasteiger partial charge is 0.0795 e. The number of nitrogens with one attached hydrogen (secondary N) is 1. The van der Waals surface area contributed by atoms with Crippen LogP contribution in [0.5, 0.6) is 0 Å². The van der Waals surface area contributed by atoms with Crippen LogP contribution in [0.3, 0.4) is 0 Å². The molecule has 0 aliphatic rings. The minimum Gasteiger partial charge on any atom is -0.394 e. The number of rotatable bonds is 10. The molecule has 2 N–H and O–H groups in total. The number of benzene rings is 1. The molecule has 0 spiro atoms. The largest absolute Gasteiger partial charge is 0.394 e. The van der Waals surface area contributed by atoms with Gasteiger partial charge in [0.2, 0.25) is 0 Å². The molecule has 0 aliphatic heterocycles. The Morgan fingerprint density at radius 1 is 1.14 bits per heavy atom. The number of aliphatic hydroxyl groups excluding tert-OH is 1. The van der Waals surface area contributed by atoms with Gasteiger partial charge in [0.25, 0.3) is 0 Å². The predicted molar refractivity (Wildman–Crippen MR) is 89.6 cm³/mol. The van der Waals surface area contributed by atoms with Crippen molar-refractivity contribution in [1.29, 1.82) is 0 Å².